The van der Waals surface area contributed by atoms with Crippen LogP contribution in [0.25, 0.3) is 11.4 Å². The van der Waals surface area contributed by atoms with Gasteiger partial charge in [0.1, 0.15) is 11.5 Å². The molecule has 112 valence electrons. The smallest absolute Gasteiger partial charge is 0.216 e. The van der Waals surface area contributed by atoms with Crippen molar-refractivity contribution in [2.75, 3.05) is 0 Å². The van der Waals surface area contributed by atoms with E-state index in [2.05, 4.69) is 15.3 Å². The van der Waals surface area contributed by atoms with E-state index in [1.807, 2.05) is 19.1 Å². The highest BCUT2D eigenvalue weighted by Gasteiger charge is 2.12. The molecule has 1 aromatic carbocycles. The highest BCUT2D eigenvalue weighted by molar-refractivity contribution is 7.71. The molecule has 0 aliphatic rings. The second kappa shape index (κ2) is 6.08. The van der Waals surface area contributed by atoms with Gasteiger partial charge in [-0.2, -0.15) is 14.9 Å². The van der Waals surface area contributed by atoms with Crippen molar-refractivity contribution in [1.82, 2.24) is 14.9 Å². The summed E-state index contributed by atoms with van der Waals surface area (Å²) < 4.78 is 7.26. The molecule has 2 aromatic heterocycles. The van der Waals surface area contributed by atoms with Gasteiger partial charge >= 0.3 is 0 Å². The van der Waals surface area contributed by atoms with Crippen molar-refractivity contribution in [2.45, 2.75) is 6.92 Å². The van der Waals surface area contributed by atoms with Crippen LogP contribution >= 0.6 is 35.4 Å². The highest BCUT2D eigenvalue weighted by Crippen LogP contribution is 2.29. The number of hydrogen-bond donors (Lipinski definition) is 1. The van der Waals surface area contributed by atoms with E-state index in [9.17, 15) is 0 Å². The molecular formula is C14H10Cl2N4OS. The van der Waals surface area contributed by atoms with E-state index in [-0.39, 0.29) is 0 Å². The maximum absolute atomic E-state index is 6.21. The number of nitrogens with zero attached hydrogens (tertiary/aromatic N) is 3. The fourth-order valence-electron chi connectivity index (χ4n) is 1.88. The first-order valence-electron chi connectivity index (χ1n) is 6.28. The van der Waals surface area contributed by atoms with Crippen LogP contribution in [0, 0.1) is 11.7 Å². The summed E-state index contributed by atoms with van der Waals surface area (Å²) in [4.78, 5) is 0. The number of aryl methyl sites for hydroxylation is 1. The lowest BCUT2D eigenvalue weighted by Gasteiger charge is -2.03. The molecule has 22 heavy (non-hydrogen) atoms. The maximum Gasteiger partial charge on any atom is 0.216 e. The first kappa shape index (κ1) is 15.0. The summed E-state index contributed by atoms with van der Waals surface area (Å²) in [5.74, 6) is 1.91. The van der Waals surface area contributed by atoms with Crippen molar-refractivity contribution in [3.63, 3.8) is 0 Å². The molecule has 0 amide bonds. The summed E-state index contributed by atoms with van der Waals surface area (Å²) in [5.41, 5.74) is 0.672. The Balaban J connectivity index is 2.04. The number of H-pyrrole nitrogens is 1. The third kappa shape index (κ3) is 2.99. The molecule has 0 atom stereocenters. The lowest BCUT2D eigenvalue weighted by atomic mass is 10.2. The minimum Gasteiger partial charge on any atom is -0.460 e. The van der Waals surface area contributed by atoms with Crippen molar-refractivity contribution in [1.29, 1.82) is 0 Å². The van der Waals surface area contributed by atoms with Gasteiger partial charge in [0, 0.05) is 10.6 Å². The molecule has 0 saturated heterocycles. The molecule has 8 heteroatoms. The first-order chi connectivity index (χ1) is 10.5. The van der Waals surface area contributed by atoms with Crippen LogP contribution in [-0.2, 0) is 0 Å². The van der Waals surface area contributed by atoms with E-state index in [1.54, 1.807) is 24.4 Å². The average molecular weight is 353 g/mol. The molecular weight excluding hydrogens is 343 g/mol. The van der Waals surface area contributed by atoms with Crippen LogP contribution in [0.15, 0.2) is 39.9 Å². The Kier molecular flexibility index (Phi) is 4.15. The van der Waals surface area contributed by atoms with Gasteiger partial charge < -0.3 is 4.42 Å². The Bertz CT molecular complexity index is 910. The zero-order chi connectivity index (χ0) is 15.7. The minimum atomic E-state index is 0.348. The summed E-state index contributed by atoms with van der Waals surface area (Å²) in [6, 6.07) is 8.80. The topological polar surface area (TPSA) is 59.1 Å². The van der Waals surface area contributed by atoms with Gasteiger partial charge in [-0.15, -0.1) is 0 Å². The number of aromatic nitrogens is 3. The molecule has 0 fully saturated rings. The van der Waals surface area contributed by atoms with Gasteiger partial charge in [-0.25, -0.2) is 5.10 Å². The van der Waals surface area contributed by atoms with Crippen LogP contribution in [0.4, 0.5) is 0 Å². The van der Waals surface area contributed by atoms with Gasteiger partial charge in [0.25, 0.3) is 0 Å². The van der Waals surface area contributed by atoms with Gasteiger partial charge in [0.15, 0.2) is 5.82 Å². The van der Waals surface area contributed by atoms with Crippen LogP contribution in [-0.4, -0.2) is 21.1 Å². The highest BCUT2D eigenvalue weighted by atomic mass is 35.5. The Labute approximate surface area is 141 Å². The summed E-state index contributed by atoms with van der Waals surface area (Å²) in [6.45, 7) is 1.86. The van der Waals surface area contributed by atoms with Crippen LogP contribution in [0.5, 0.6) is 0 Å². The monoisotopic (exact) mass is 352 g/mol. The maximum atomic E-state index is 6.21. The van der Waals surface area contributed by atoms with Crippen LogP contribution in [0.3, 0.4) is 0 Å². The molecule has 0 aliphatic carbocycles. The normalized spacial score (nSPS) is 11.4. The SMILES string of the molecule is Cc1ccc(C=Nn2c(-c3ccc(Cl)cc3Cl)n[nH]c2=S)o1. The van der Waals surface area contributed by atoms with Crippen molar-refractivity contribution in [3.8, 4) is 11.4 Å². The number of rotatable bonds is 3. The summed E-state index contributed by atoms with van der Waals surface area (Å²) in [6.07, 6.45) is 1.56. The van der Waals surface area contributed by atoms with Crippen LogP contribution in [0.1, 0.15) is 11.5 Å². The predicted molar refractivity (Wildman–Crippen MR) is 89.3 cm³/mol. The second-order valence-electron chi connectivity index (χ2n) is 4.48. The number of hydrogen-bond acceptors (Lipinski definition) is 4. The van der Waals surface area contributed by atoms with E-state index >= 15 is 0 Å². The fraction of sp³-hybridized carbons (Fsp3) is 0.0714. The van der Waals surface area contributed by atoms with Crippen molar-refractivity contribution >= 4 is 41.6 Å². The molecule has 1 N–H and O–H groups in total. The quantitative estimate of drug-likeness (QED) is 0.549. The largest absolute Gasteiger partial charge is 0.460 e. The lowest BCUT2D eigenvalue weighted by molar-refractivity contribution is 0.527. The van der Waals surface area contributed by atoms with E-state index < -0.39 is 0 Å². The van der Waals surface area contributed by atoms with Crippen molar-refractivity contribution < 1.29 is 4.42 Å². The molecule has 0 bridgehead atoms. The van der Waals surface area contributed by atoms with E-state index in [1.165, 1.54) is 4.68 Å². The fourth-order valence-corrected chi connectivity index (χ4v) is 2.55. The van der Waals surface area contributed by atoms with E-state index in [0.717, 1.165) is 5.76 Å². The molecule has 0 saturated carbocycles. The predicted octanol–water partition coefficient (Wildman–Crippen LogP) is 4.70. The van der Waals surface area contributed by atoms with E-state index in [0.29, 0.717) is 32.0 Å². The Hall–Kier alpha value is -1.89. The summed E-state index contributed by atoms with van der Waals surface area (Å²) in [5, 5.41) is 12.2. The summed E-state index contributed by atoms with van der Waals surface area (Å²) in [7, 11) is 0. The second-order valence-corrected chi connectivity index (χ2v) is 5.71. The Morgan fingerprint density at radius 2 is 2.14 bits per heavy atom. The molecule has 2 heterocycles. The first-order valence-corrected chi connectivity index (χ1v) is 7.44. The molecule has 0 aliphatic heterocycles. The Morgan fingerprint density at radius 1 is 1.32 bits per heavy atom. The van der Waals surface area contributed by atoms with Crippen molar-refractivity contribution in [3.05, 3.63) is 56.7 Å². The van der Waals surface area contributed by atoms with Gasteiger partial charge in [0.2, 0.25) is 4.77 Å². The molecule has 3 rings (SSSR count). The molecule has 0 radical (unpaired) electrons. The number of benzene rings is 1. The Morgan fingerprint density at radius 3 is 2.82 bits per heavy atom. The zero-order valence-electron chi connectivity index (χ0n) is 11.4. The lowest BCUT2D eigenvalue weighted by Crippen LogP contribution is -1.95. The minimum absolute atomic E-state index is 0.348. The molecule has 5 nitrogen and oxygen atoms in total. The average Bonchev–Trinajstić information content (AvgIpc) is 3.03. The van der Waals surface area contributed by atoms with Gasteiger partial charge in [-0.1, -0.05) is 23.2 Å². The third-order valence-electron chi connectivity index (χ3n) is 2.88. The number of aromatic amines is 1. The summed E-state index contributed by atoms with van der Waals surface area (Å²) >= 11 is 17.3. The third-order valence-corrected chi connectivity index (χ3v) is 3.70. The van der Waals surface area contributed by atoms with Gasteiger partial charge in [-0.3, -0.25) is 0 Å². The molecule has 0 spiro atoms. The zero-order valence-corrected chi connectivity index (χ0v) is 13.7. The molecule has 3 aromatic rings. The van der Waals surface area contributed by atoms with Crippen molar-refractivity contribution in [2.24, 2.45) is 5.10 Å². The number of nitrogens with one attached hydrogen (secondary N) is 1. The van der Waals surface area contributed by atoms with Gasteiger partial charge in [0.05, 0.1) is 11.2 Å². The van der Waals surface area contributed by atoms with Gasteiger partial charge in [-0.05, 0) is 49.5 Å². The number of halogens is 2. The van der Waals surface area contributed by atoms with E-state index in [4.69, 9.17) is 39.8 Å². The van der Waals surface area contributed by atoms with Crippen LogP contribution < -0.4 is 0 Å². The standard InChI is InChI=1S/C14H10Cl2N4OS/c1-8-2-4-10(21-8)7-17-20-13(18-19-14(20)22)11-5-3-9(15)6-12(11)16/h2-7H,1H3,(H,19,22). The van der Waals surface area contributed by atoms with Crippen LogP contribution in [0.2, 0.25) is 10.0 Å². The number of furan rings is 1. The molecule has 0 unspecified atom stereocenters.